The molecule has 1 aliphatic heterocycles. The molecule has 0 bridgehead atoms. The first-order valence-electron chi connectivity index (χ1n) is 7.74. The maximum absolute atomic E-state index is 13.9. The fourth-order valence-electron chi connectivity index (χ4n) is 3.26. The zero-order valence-corrected chi connectivity index (χ0v) is 12.9. The highest BCUT2D eigenvalue weighted by Gasteiger charge is 2.26. The van der Waals surface area contributed by atoms with Crippen LogP contribution >= 0.6 is 0 Å². The van der Waals surface area contributed by atoms with E-state index in [4.69, 9.17) is 4.74 Å². The van der Waals surface area contributed by atoms with Crippen LogP contribution in [0.3, 0.4) is 0 Å². The number of ether oxygens (including phenoxy) is 1. The normalized spacial score (nSPS) is 19.5. The average Bonchev–Trinajstić information content (AvgIpc) is 2.86. The van der Waals surface area contributed by atoms with Gasteiger partial charge in [0.2, 0.25) is 0 Å². The number of phenols is 1. The van der Waals surface area contributed by atoms with Gasteiger partial charge in [0.25, 0.3) is 0 Å². The molecule has 1 aliphatic rings. The molecule has 120 valence electrons. The van der Waals surface area contributed by atoms with Crippen LogP contribution in [0.4, 0.5) is 8.78 Å². The quantitative estimate of drug-likeness (QED) is 0.917. The Balaban J connectivity index is 2.20. The standard InChI is InChI=1S/C17H21F2NO2/c1-10(18)11(2)20-15(12-3-5-22-6-4-12)9-14-16(20)7-13(19)8-17(14)21/h7-12,21H,3-6H2,1-2H3/t10-,11?/m0/s1. The number of fused-ring (bicyclic) bond motifs is 1. The summed E-state index contributed by atoms with van der Waals surface area (Å²) in [6.07, 6.45) is 0.638. The summed E-state index contributed by atoms with van der Waals surface area (Å²) in [5.74, 6) is -0.368. The minimum absolute atomic E-state index is 0.0965. The lowest BCUT2D eigenvalue weighted by atomic mass is 9.96. The van der Waals surface area contributed by atoms with E-state index in [1.165, 1.54) is 13.0 Å². The molecule has 1 aromatic carbocycles. The molecule has 1 fully saturated rings. The van der Waals surface area contributed by atoms with Gasteiger partial charge in [-0.15, -0.1) is 0 Å². The number of aromatic hydroxyl groups is 1. The third-order valence-corrected chi connectivity index (χ3v) is 4.64. The zero-order chi connectivity index (χ0) is 15.9. The van der Waals surface area contributed by atoms with Gasteiger partial charge in [0.1, 0.15) is 17.7 Å². The van der Waals surface area contributed by atoms with Gasteiger partial charge in [-0.1, -0.05) is 0 Å². The lowest BCUT2D eigenvalue weighted by Gasteiger charge is -2.27. The first-order chi connectivity index (χ1) is 10.5. The van der Waals surface area contributed by atoms with E-state index >= 15 is 0 Å². The molecule has 2 heterocycles. The summed E-state index contributed by atoms with van der Waals surface area (Å²) >= 11 is 0. The van der Waals surface area contributed by atoms with E-state index in [0.29, 0.717) is 24.1 Å². The topological polar surface area (TPSA) is 34.4 Å². The van der Waals surface area contributed by atoms with Gasteiger partial charge in [0, 0.05) is 36.3 Å². The molecule has 3 rings (SSSR count). The molecule has 1 saturated heterocycles. The van der Waals surface area contributed by atoms with Gasteiger partial charge in [-0.2, -0.15) is 0 Å². The summed E-state index contributed by atoms with van der Waals surface area (Å²) < 4.78 is 34.9. The largest absolute Gasteiger partial charge is 0.507 e. The van der Waals surface area contributed by atoms with Gasteiger partial charge in [0.15, 0.2) is 0 Å². The summed E-state index contributed by atoms with van der Waals surface area (Å²) in [6, 6.07) is 3.93. The smallest absolute Gasteiger partial charge is 0.129 e. The van der Waals surface area contributed by atoms with E-state index in [-0.39, 0.29) is 11.7 Å². The van der Waals surface area contributed by atoms with E-state index in [1.807, 2.05) is 10.6 Å². The van der Waals surface area contributed by atoms with Crippen LogP contribution in [0, 0.1) is 5.82 Å². The van der Waals surface area contributed by atoms with Crippen molar-refractivity contribution >= 4 is 10.9 Å². The minimum atomic E-state index is -1.07. The minimum Gasteiger partial charge on any atom is -0.507 e. The fraction of sp³-hybridized carbons (Fsp3) is 0.529. The van der Waals surface area contributed by atoms with E-state index in [1.54, 1.807) is 6.92 Å². The Morgan fingerprint density at radius 1 is 1.23 bits per heavy atom. The molecule has 1 N–H and O–H groups in total. The summed E-state index contributed by atoms with van der Waals surface area (Å²) in [7, 11) is 0. The van der Waals surface area contributed by atoms with Crippen molar-refractivity contribution in [1.29, 1.82) is 0 Å². The number of nitrogens with zero attached hydrogens (tertiary/aromatic N) is 1. The summed E-state index contributed by atoms with van der Waals surface area (Å²) in [6.45, 7) is 4.64. The number of phenolic OH excluding ortho intramolecular Hbond substituents is 1. The number of hydrogen-bond donors (Lipinski definition) is 1. The van der Waals surface area contributed by atoms with E-state index < -0.39 is 18.0 Å². The molecule has 22 heavy (non-hydrogen) atoms. The van der Waals surface area contributed by atoms with E-state index in [2.05, 4.69) is 0 Å². The first-order valence-corrected chi connectivity index (χ1v) is 7.74. The number of hydrogen-bond acceptors (Lipinski definition) is 2. The molecule has 2 aromatic rings. The second-order valence-corrected chi connectivity index (χ2v) is 6.10. The zero-order valence-electron chi connectivity index (χ0n) is 12.9. The number of benzene rings is 1. The van der Waals surface area contributed by atoms with Crippen LogP contribution in [0.15, 0.2) is 18.2 Å². The number of rotatable bonds is 3. The monoisotopic (exact) mass is 309 g/mol. The molecule has 1 aromatic heterocycles. The fourth-order valence-corrected chi connectivity index (χ4v) is 3.26. The molecule has 1 unspecified atom stereocenters. The maximum Gasteiger partial charge on any atom is 0.129 e. The molecule has 0 saturated carbocycles. The van der Waals surface area contributed by atoms with Crippen molar-refractivity contribution < 1.29 is 18.6 Å². The predicted octanol–water partition coefficient (Wildman–Crippen LogP) is 4.30. The Bertz CT molecular complexity index is 675. The Morgan fingerprint density at radius 3 is 2.55 bits per heavy atom. The highest BCUT2D eigenvalue weighted by molar-refractivity contribution is 5.87. The molecular weight excluding hydrogens is 288 g/mol. The van der Waals surface area contributed by atoms with Crippen LogP contribution in [0.25, 0.3) is 10.9 Å². The molecular formula is C17H21F2NO2. The molecule has 0 spiro atoms. The second-order valence-electron chi connectivity index (χ2n) is 6.10. The Morgan fingerprint density at radius 2 is 1.91 bits per heavy atom. The predicted molar refractivity (Wildman–Crippen MR) is 81.6 cm³/mol. The lowest BCUT2D eigenvalue weighted by Crippen LogP contribution is -2.22. The van der Waals surface area contributed by atoms with Crippen molar-refractivity contribution in [3.63, 3.8) is 0 Å². The van der Waals surface area contributed by atoms with Crippen LogP contribution in [-0.4, -0.2) is 29.1 Å². The third-order valence-electron chi connectivity index (χ3n) is 4.64. The molecule has 0 aliphatic carbocycles. The summed E-state index contributed by atoms with van der Waals surface area (Å²) in [5, 5.41) is 10.6. The van der Waals surface area contributed by atoms with E-state index in [0.717, 1.165) is 24.6 Å². The van der Waals surface area contributed by atoms with Gasteiger partial charge in [0.05, 0.1) is 11.6 Å². The van der Waals surface area contributed by atoms with Crippen molar-refractivity contribution in [3.05, 3.63) is 29.7 Å². The van der Waals surface area contributed by atoms with E-state index in [9.17, 15) is 13.9 Å². The highest BCUT2D eigenvalue weighted by Crippen LogP contribution is 2.38. The SMILES string of the molecule is CC([C@H](C)F)n1c(C2CCOCC2)cc2c(O)cc(F)cc21. The average molecular weight is 309 g/mol. The number of alkyl halides is 1. The highest BCUT2D eigenvalue weighted by atomic mass is 19.1. The number of halogens is 2. The first kappa shape index (κ1) is 15.3. The van der Waals surface area contributed by atoms with Gasteiger partial charge in [-0.05, 0) is 38.8 Å². The maximum atomic E-state index is 13.9. The lowest BCUT2D eigenvalue weighted by molar-refractivity contribution is 0.0831. The second kappa shape index (κ2) is 5.88. The van der Waals surface area contributed by atoms with Gasteiger partial charge >= 0.3 is 0 Å². The van der Waals surface area contributed by atoms with Crippen molar-refractivity contribution in [2.45, 2.75) is 44.8 Å². The van der Waals surface area contributed by atoms with Crippen LogP contribution in [0.1, 0.15) is 44.3 Å². The van der Waals surface area contributed by atoms with Gasteiger partial charge in [-0.3, -0.25) is 0 Å². The Hall–Kier alpha value is -1.62. The van der Waals surface area contributed by atoms with Crippen LogP contribution < -0.4 is 0 Å². The van der Waals surface area contributed by atoms with Crippen LogP contribution in [-0.2, 0) is 4.74 Å². The van der Waals surface area contributed by atoms with Gasteiger partial charge < -0.3 is 14.4 Å². The summed E-state index contributed by atoms with van der Waals surface area (Å²) in [4.78, 5) is 0. The number of aromatic nitrogens is 1. The molecule has 5 heteroatoms. The van der Waals surface area contributed by atoms with Crippen molar-refractivity contribution in [2.75, 3.05) is 13.2 Å². The third kappa shape index (κ3) is 2.58. The van der Waals surface area contributed by atoms with Gasteiger partial charge in [-0.25, -0.2) is 8.78 Å². The van der Waals surface area contributed by atoms with Crippen molar-refractivity contribution in [2.24, 2.45) is 0 Å². The molecule has 2 atom stereocenters. The molecule has 0 amide bonds. The van der Waals surface area contributed by atoms with Crippen LogP contribution in [0.2, 0.25) is 0 Å². The van der Waals surface area contributed by atoms with Crippen molar-refractivity contribution in [3.8, 4) is 5.75 Å². The Labute approximate surface area is 128 Å². The molecule has 0 radical (unpaired) electrons. The molecule has 3 nitrogen and oxygen atoms in total. The Kier molecular flexibility index (Phi) is 4.08. The van der Waals surface area contributed by atoms with Crippen molar-refractivity contribution in [1.82, 2.24) is 4.57 Å². The van der Waals surface area contributed by atoms with Crippen LogP contribution in [0.5, 0.6) is 5.75 Å². The summed E-state index contributed by atoms with van der Waals surface area (Å²) in [5.41, 5.74) is 1.51.